The van der Waals surface area contributed by atoms with Gasteiger partial charge >= 0.3 is 0 Å². The molecule has 536 valence electrons. The van der Waals surface area contributed by atoms with Crippen LogP contribution in [-0.2, 0) is 80.4 Å². The standard InChI is InChI=1S/C24H22N3.C23H20N3.C22H18N3.C21H16N3.4Ir/c1-17(2)20-14-9-10-16-22(20)27-23(19-12-5-4-6-13-19)25-26-24(27)21-15-8-7-11-18(21)3;1-16-10-7-8-15-20(16)23-25-24-22(19-13-5-4-6-14-19)26(23)21-17(2)11-9-12-18(21)3;1-16-10-6-8-14-19(16)22-24-23-21(18-12-4-3-5-13-18)25(22)20-15-9-7-11-17(20)2;1-16-10-8-9-15-19(16)21-23-22-20(17-11-4-2-5-12-17)24(21)18-13-6-3-7-14-18;;;;/h4-12,14-17H,1-3H3;4-13,15H,1-3H3;3-12,14-15H,1-2H3;2-11,13-15H,1H3;;;;/q4*-1;;;;. The number of nitrogens with zero attached hydrogens (tertiary/aromatic N) is 12. The van der Waals surface area contributed by atoms with Gasteiger partial charge in [-0.3, -0.25) is 0 Å². The van der Waals surface area contributed by atoms with E-state index in [0.717, 1.165) is 114 Å². The molecule has 0 aliphatic heterocycles. The maximum Gasteiger partial charge on any atom is 0.159 e. The fourth-order valence-electron chi connectivity index (χ4n) is 12.6. The summed E-state index contributed by atoms with van der Waals surface area (Å²) in [6.45, 7) is 19.2. The van der Waals surface area contributed by atoms with Crippen molar-refractivity contribution in [1.82, 2.24) is 59.1 Å². The number of para-hydroxylation sites is 4. The molecule has 0 saturated heterocycles. The van der Waals surface area contributed by atoms with Crippen molar-refractivity contribution in [2.45, 2.75) is 68.2 Å². The van der Waals surface area contributed by atoms with Crippen LogP contribution in [0.5, 0.6) is 0 Å². The van der Waals surface area contributed by atoms with Gasteiger partial charge in [0.25, 0.3) is 0 Å². The number of hydrogen-bond donors (Lipinski definition) is 0. The van der Waals surface area contributed by atoms with Crippen LogP contribution in [0.2, 0.25) is 0 Å². The van der Waals surface area contributed by atoms with Gasteiger partial charge in [-0.15, -0.1) is 164 Å². The smallest absolute Gasteiger partial charge is 0.159 e. The third-order valence-corrected chi connectivity index (χ3v) is 17.8. The minimum Gasteiger partial charge on any atom is -0.316 e. The molecule has 0 fully saturated rings. The van der Waals surface area contributed by atoms with E-state index in [-0.39, 0.29) is 80.4 Å². The summed E-state index contributed by atoms with van der Waals surface area (Å²) in [6.07, 6.45) is 0. The summed E-state index contributed by atoms with van der Waals surface area (Å²) in [5, 5.41) is 36.3. The molecule has 4 radical (unpaired) electrons. The molecule has 106 heavy (non-hydrogen) atoms. The summed E-state index contributed by atoms with van der Waals surface area (Å²) in [5.41, 5.74) is 21.9. The summed E-state index contributed by atoms with van der Waals surface area (Å²) >= 11 is 0. The van der Waals surface area contributed by atoms with E-state index >= 15 is 0 Å². The fraction of sp³-hybridized carbons (Fsp3) is 0.111. The van der Waals surface area contributed by atoms with Crippen molar-refractivity contribution < 1.29 is 80.4 Å². The molecule has 0 spiro atoms. The number of rotatable bonds is 13. The van der Waals surface area contributed by atoms with E-state index in [2.05, 4.69) is 261 Å². The maximum atomic E-state index is 4.59. The molecule has 4 aromatic heterocycles. The largest absolute Gasteiger partial charge is 0.316 e. The van der Waals surface area contributed by atoms with Gasteiger partial charge in [-0.1, -0.05) is 184 Å². The topological polar surface area (TPSA) is 123 Å². The molecule has 0 saturated carbocycles. The van der Waals surface area contributed by atoms with Gasteiger partial charge in [-0.2, -0.15) is 20.4 Å². The summed E-state index contributed by atoms with van der Waals surface area (Å²) in [5.74, 6) is 6.99. The Morgan fingerprint density at radius 2 is 0.509 bits per heavy atom. The molecule has 0 N–H and O–H groups in total. The second-order valence-electron chi connectivity index (χ2n) is 25.2. The van der Waals surface area contributed by atoms with Crippen LogP contribution in [0.25, 0.3) is 114 Å². The van der Waals surface area contributed by atoms with Gasteiger partial charge < -0.3 is 18.3 Å². The minimum atomic E-state index is 0. The van der Waals surface area contributed by atoms with Crippen molar-refractivity contribution in [2.24, 2.45) is 0 Å². The molecular formula is C90H76Ir4N12-4. The molecule has 16 rings (SSSR count). The Morgan fingerprint density at radius 1 is 0.236 bits per heavy atom. The van der Waals surface area contributed by atoms with E-state index in [1.54, 1.807) is 0 Å². The number of aromatic nitrogens is 12. The molecule has 0 unspecified atom stereocenters. The van der Waals surface area contributed by atoms with E-state index in [1.165, 1.54) is 44.5 Å². The van der Waals surface area contributed by atoms with Crippen LogP contribution in [0, 0.1) is 72.7 Å². The van der Waals surface area contributed by atoms with Crippen LogP contribution in [0.1, 0.15) is 64.3 Å². The van der Waals surface area contributed by atoms with E-state index in [0.29, 0.717) is 5.92 Å². The van der Waals surface area contributed by atoms with Gasteiger partial charge in [-0.25, -0.2) is 0 Å². The average Bonchev–Trinajstić information content (AvgIpc) is 1.64. The van der Waals surface area contributed by atoms with Gasteiger partial charge in [0.2, 0.25) is 0 Å². The molecule has 0 amide bonds. The zero-order valence-corrected chi connectivity index (χ0v) is 69.6. The van der Waals surface area contributed by atoms with Crippen LogP contribution in [-0.4, -0.2) is 59.1 Å². The molecular weight excluding hydrogens is 2020 g/mol. The van der Waals surface area contributed by atoms with Crippen LogP contribution < -0.4 is 0 Å². The van der Waals surface area contributed by atoms with Crippen LogP contribution in [0.4, 0.5) is 0 Å². The first kappa shape index (κ1) is 79.9. The molecule has 0 aliphatic carbocycles. The van der Waals surface area contributed by atoms with Crippen LogP contribution in [0.3, 0.4) is 0 Å². The zero-order valence-electron chi connectivity index (χ0n) is 60.0. The van der Waals surface area contributed by atoms with Crippen molar-refractivity contribution in [3.63, 3.8) is 0 Å². The van der Waals surface area contributed by atoms with Crippen molar-refractivity contribution in [1.29, 1.82) is 0 Å². The SMILES string of the molecule is Cc1ccccc1-c1nnc(-c2[c-]cccc2)n1-c1c(C)cccc1C.Cc1ccccc1-c1nnc(-c2[c-]cccc2)n1-c1ccccc1.Cc1ccccc1-c1nnc(-c2[c-]cccc2)n1-c1ccccc1C.Cc1ccccc1-c1nnc(-c2[c-]cccc2)n1-c1ccccc1C(C)C.[Ir].[Ir].[Ir].[Ir]. The molecule has 16 aromatic rings. The maximum absolute atomic E-state index is 4.59. The van der Waals surface area contributed by atoms with Gasteiger partial charge in [0.05, 0.1) is 23.3 Å². The Morgan fingerprint density at radius 3 is 0.868 bits per heavy atom. The predicted octanol–water partition coefficient (Wildman–Crippen LogP) is 20.9. The molecule has 0 aliphatic rings. The third kappa shape index (κ3) is 17.7. The van der Waals surface area contributed by atoms with Crippen molar-refractivity contribution >= 4 is 0 Å². The first-order valence-electron chi connectivity index (χ1n) is 34.1. The normalized spacial score (nSPS) is 10.5. The minimum absolute atomic E-state index is 0. The van der Waals surface area contributed by atoms with Crippen molar-refractivity contribution in [3.8, 4) is 114 Å². The Kier molecular flexibility index (Phi) is 28.4. The van der Waals surface area contributed by atoms with E-state index in [1.807, 2.05) is 176 Å². The summed E-state index contributed by atoms with van der Waals surface area (Å²) in [6, 6.07) is 111. The summed E-state index contributed by atoms with van der Waals surface area (Å²) < 4.78 is 8.56. The van der Waals surface area contributed by atoms with Crippen LogP contribution >= 0.6 is 0 Å². The van der Waals surface area contributed by atoms with Gasteiger partial charge in [0.1, 0.15) is 0 Å². The second kappa shape index (κ2) is 37.7. The fourth-order valence-corrected chi connectivity index (χ4v) is 12.6. The predicted molar refractivity (Wildman–Crippen MR) is 412 cm³/mol. The van der Waals surface area contributed by atoms with E-state index < -0.39 is 0 Å². The second-order valence-corrected chi connectivity index (χ2v) is 25.2. The molecule has 12 nitrogen and oxygen atoms in total. The van der Waals surface area contributed by atoms with E-state index in [4.69, 9.17) is 0 Å². The average molecular weight is 2090 g/mol. The molecule has 4 heterocycles. The summed E-state index contributed by atoms with van der Waals surface area (Å²) in [7, 11) is 0. The molecule has 0 atom stereocenters. The van der Waals surface area contributed by atoms with Gasteiger partial charge in [0, 0.05) is 125 Å². The Bertz CT molecular complexity index is 5460. The molecule has 12 aromatic carbocycles. The first-order valence-corrected chi connectivity index (χ1v) is 34.1. The zero-order chi connectivity index (χ0) is 70.5. The Balaban J connectivity index is 0.000000162. The molecule has 16 heteroatoms. The third-order valence-electron chi connectivity index (χ3n) is 17.8. The number of hydrogen-bond acceptors (Lipinski definition) is 8. The first-order chi connectivity index (χ1) is 49.9. The van der Waals surface area contributed by atoms with E-state index in [9.17, 15) is 0 Å². The number of benzene rings is 12. The summed E-state index contributed by atoms with van der Waals surface area (Å²) in [4.78, 5) is 0. The molecule has 0 bridgehead atoms. The number of aryl methyl sites for hydroxylation is 7. The van der Waals surface area contributed by atoms with Crippen molar-refractivity contribution in [3.05, 3.63) is 360 Å². The Labute approximate surface area is 675 Å². The van der Waals surface area contributed by atoms with Crippen LogP contribution in [0.15, 0.2) is 291 Å². The quantitative estimate of drug-likeness (QED) is 0.105. The van der Waals surface area contributed by atoms with Gasteiger partial charge in [-0.05, 0) is 123 Å². The monoisotopic (exact) mass is 2100 g/mol. The van der Waals surface area contributed by atoms with Crippen molar-refractivity contribution in [2.75, 3.05) is 0 Å². The Hall–Kier alpha value is -10.2. The van der Waals surface area contributed by atoms with Gasteiger partial charge in [0.15, 0.2) is 23.3 Å².